The van der Waals surface area contributed by atoms with Crippen molar-refractivity contribution in [3.05, 3.63) is 71.0 Å². The third-order valence-corrected chi connectivity index (χ3v) is 6.27. The summed E-state index contributed by atoms with van der Waals surface area (Å²) in [5.74, 6) is -0.200. The van der Waals surface area contributed by atoms with Gasteiger partial charge in [0.25, 0.3) is 5.91 Å². The predicted octanol–water partition coefficient (Wildman–Crippen LogP) is 5.05. The Morgan fingerprint density at radius 3 is 2.42 bits per heavy atom. The highest BCUT2D eigenvalue weighted by Crippen LogP contribution is 2.25. The molecule has 164 valence electrons. The third kappa shape index (κ3) is 5.65. The van der Waals surface area contributed by atoms with Crippen molar-refractivity contribution in [2.24, 2.45) is 0 Å². The van der Waals surface area contributed by atoms with Crippen LogP contribution in [0.3, 0.4) is 0 Å². The van der Waals surface area contributed by atoms with Crippen molar-refractivity contribution in [3.63, 3.8) is 0 Å². The average molecular weight is 461 g/mol. The smallest absolute Gasteiger partial charge is 0.259 e. The van der Waals surface area contributed by atoms with Crippen LogP contribution in [0.25, 0.3) is 5.69 Å². The number of hydrogen-bond donors (Lipinski definition) is 2. The summed E-state index contributed by atoms with van der Waals surface area (Å²) in [6, 6.07) is 13.8. The summed E-state index contributed by atoms with van der Waals surface area (Å²) >= 11 is 6.11. The molecule has 2 aromatic carbocycles. The Bertz CT molecular complexity index is 1170. The highest BCUT2D eigenvalue weighted by atomic mass is 35.5. The first kappa shape index (κ1) is 22.8. The zero-order chi connectivity index (χ0) is 22.6. The molecule has 0 aliphatic rings. The summed E-state index contributed by atoms with van der Waals surface area (Å²) < 4.78 is 28.0. The van der Waals surface area contributed by atoms with E-state index in [2.05, 4.69) is 15.1 Å². The van der Waals surface area contributed by atoms with Crippen molar-refractivity contribution in [1.82, 2.24) is 9.78 Å². The van der Waals surface area contributed by atoms with Crippen LogP contribution in [0.15, 0.2) is 54.7 Å². The maximum absolute atomic E-state index is 12.9. The van der Waals surface area contributed by atoms with Gasteiger partial charge in [0.15, 0.2) is 0 Å². The van der Waals surface area contributed by atoms with Gasteiger partial charge in [0.1, 0.15) is 0 Å². The number of sulfonamides is 1. The van der Waals surface area contributed by atoms with E-state index in [0.717, 1.165) is 11.4 Å². The monoisotopic (exact) mass is 460 g/mol. The molecule has 7 nitrogen and oxygen atoms in total. The fourth-order valence-corrected chi connectivity index (χ4v) is 4.54. The van der Waals surface area contributed by atoms with Crippen molar-refractivity contribution in [1.29, 1.82) is 0 Å². The summed E-state index contributed by atoms with van der Waals surface area (Å²) in [6.45, 7) is 5.79. The number of anilines is 2. The zero-order valence-electron chi connectivity index (χ0n) is 17.6. The van der Waals surface area contributed by atoms with E-state index in [9.17, 15) is 13.2 Å². The molecule has 0 saturated heterocycles. The number of aromatic nitrogens is 2. The van der Waals surface area contributed by atoms with Gasteiger partial charge in [0, 0.05) is 16.4 Å². The summed E-state index contributed by atoms with van der Waals surface area (Å²) in [4.78, 5) is 12.9. The molecule has 0 aliphatic heterocycles. The maximum Gasteiger partial charge on any atom is 0.259 e. The van der Waals surface area contributed by atoms with Crippen LogP contribution in [0.1, 0.15) is 49.2 Å². The number of carbonyl (C=O) groups is 1. The SMILES string of the molecule is CCCS(=O)(=O)Nc1ccc(NC(=O)c2cnn(-c3cccc(Cl)c3)c2C(C)C)cc1. The molecular formula is C22H25ClN4O3S. The fourth-order valence-electron chi connectivity index (χ4n) is 3.22. The number of carbonyl (C=O) groups excluding carboxylic acids is 1. The number of hydrogen-bond acceptors (Lipinski definition) is 4. The van der Waals surface area contributed by atoms with Gasteiger partial charge in [-0.3, -0.25) is 9.52 Å². The lowest BCUT2D eigenvalue weighted by atomic mass is 10.0. The summed E-state index contributed by atoms with van der Waals surface area (Å²) in [6.07, 6.45) is 2.07. The van der Waals surface area contributed by atoms with E-state index in [4.69, 9.17) is 11.6 Å². The van der Waals surface area contributed by atoms with Gasteiger partial charge < -0.3 is 5.32 Å². The van der Waals surface area contributed by atoms with Crippen molar-refractivity contribution >= 4 is 38.9 Å². The van der Waals surface area contributed by atoms with Crippen LogP contribution in [0.4, 0.5) is 11.4 Å². The highest BCUT2D eigenvalue weighted by molar-refractivity contribution is 7.92. The van der Waals surface area contributed by atoms with E-state index in [1.165, 1.54) is 0 Å². The Kier molecular flexibility index (Phi) is 7.02. The Hall–Kier alpha value is -2.84. The predicted molar refractivity (Wildman–Crippen MR) is 125 cm³/mol. The van der Waals surface area contributed by atoms with E-state index in [0.29, 0.717) is 28.4 Å². The minimum absolute atomic E-state index is 0.0394. The molecule has 3 rings (SSSR count). The minimum atomic E-state index is -3.36. The number of rotatable bonds is 8. The van der Waals surface area contributed by atoms with E-state index < -0.39 is 10.0 Å². The largest absolute Gasteiger partial charge is 0.322 e. The number of amides is 1. The Morgan fingerprint density at radius 1 is 1.13 bits per heavy atom. The second-order valence-corrected chi connectivity index (χ2v) is 9.72. The Labute approximate surface area is 187 Å². The molecule has 0 saturated carbocycles. The van der Waals surface area contributed by atoms with E-state index in [1.807, 2.05) is 26.0 Å². The van der Waals surface area contributed by atoms with Gasteiger partial charge in [0.05, 0.1) is 28.9 Å². The zero-order valence-corrected chi connectivity index (χ0v) is 19.2. The lowest BCUT2D eigenvalue weighted by Crippen LogP contribution is -2.17. The lowest BCUT2D eigenvalue weighted by molar-refractivity contribution is 0.102. The van der Waals surface area contributed by atoms with Gasteiger partial charge in [0.2, 0.25) is 10.0 Å². The summed E-state index contributed by atoms with van der Waals surface area (Å²) in [5, 5.41) is 7.84. The topological polar surface area (TPSA) is 93.1 Å². The molecule has 2 N–H and O–H groups in total. The van der Waals surface area contributed by atoms with Crippen LogP contribution in [0, 0.1) is 0 Å². The number of nitrogens with zero attached hydrogens (tertiary/aromatic N) is 2. The molecule has 0 unspecified atom stereocenters. The lowest BCUT2D eigenvalue weighted by Gasteiger charge is -2.13. The van der Waals surface area contributed by atoms with Gasteiger partial charge in [-0.05, 0) is 54.8 Å². The molecule has 0 spiro atoms. The molecule has 0 atom stereocenters. The van der Waals surface area contributed by atoms with Gasteiger partial charge in [-0.1, -0.05) is 38.4 Å². The van der Waals surface area contributed by atoms with E-state index >= 15 is 0 Å². The molecule has 0 bridgehead atoms. The van der Waals surface area contributed by atoms with Crippen molar-refractivity contribution < 1.29 is 13.2 Å². The number of halogens is 1. The van der Waals surface area contributed by atoms with Crippen LogP contribution in [0.2, 0.25) is 5.02 Å². The first-order chi connectivity index (χ1) is 14.7. The molecule has 1 amide bonds. The molecule has 1 heterocycles. The van der Waals surface area contributed by atoms with Crippen LogP contribution >= 0.6 is 11.6 Å². The van der Waals surface area contributed by atoms with Gasteiger partial charge in [-0.15, -0.1) is 0 Å². The minimum Gasteiger partial charge on any atom is -0.322 e. The molecule has 0 aliphatic carbocycles. The molecule has 0 fully saturated rings. The summed E-state index contributed by atoms with van der Waals surface area (Å²) in [5.41, 5.74) is 3.00. The second-order valence-electron chi connectivity index (χ2n) is 7.44. The first-order valence-electron chi connectivity index (χ1n) is 9.96. The fraction of sp³-hybridized carbons (Fsp3) is 0.273. The molecule has 9 heteroatoms. The first-order valence-corrected chi connectivity index (χ1v) is 12.0. The van der Waals surface area contributed by atoms with Crippen molar-refractivity contribution in [2.45, 2.75) is 33.1 Å². The summed E-state index contributed by atoms with van der Waals surface area (Å²) in [7, 11) is -3.36. The van der Waals surface area contributed by atoms with Crippen LogP contribution in [-0.2, 0) is 10.0 Å². The molecule has 31 heavy (non-hydrogen) atoms. The maximum atomic E-state index is 12.9. The molecule has 1 aromatic heterocycles. The molecular weight excluding hydrogens is 436 g/mol. The normalized spacial score (nSPS) is 11.5. The standard InChI is InChI=1S/C22H25ClN4O3S/c1-4-12-31(29,30)26-18-10-8-17(9-11-18)25-22(28)20-14-24-27(21(20)15(2)3)19-7-5-6-16(23)13-19/h5-11,13-15,26H,4,12H2,1-3H3,(H,25,28). The van der Waals surface area contributed by atoms with E-state index in [1.54, 1.807) is 54.2 Å². The van der Waals surface area contributed by atoms with Gasteiger partial charge in [-0.25, -0.2) is 13.1 Å². The van der Waals surface area contributed by atoms with E-state index in [-0.39, 0.29) is 17.6 Å². The van der Waals surface area contributed by atoms with Crippen LogP contribution in [0.5, 0.6) is 0 Å². The molecule has 3 aromatic rings. The quantitative estimate of drug-likeness (QED) is 0.491. The van der Waals surface area contributed by atoms with Gasteiger partial charge >= 0.3 is 0 Å². The van der Waals surface area contributed by atoms with Gasteiger partial charge in [-0.2, -0.15) is 5.10 Å². The number of benzene rings is 2. The Balaban J connectivity index is 1.81. The number of nitrogens with one attached hydrogen (secondary N) is 2. The van der Waals surface area contributed by atoms with Crippen LogP contribution < -0.4 is 10.0 Å². The third-order valence-electron chi connectivity index (χ3n) is 4.54. The second kappa shape index (κ2) is 9.53. The Morgan fingerprint density at radius 2 is 1.81 bits per heavy atom. The average Bonchev–Trinajstić information content (AvgIpc) is 3.15. The van der Waals surface area contributed by atoms with Crippen molar-refractivity contribution in [2.75, 3.05) is 15.8 Å². The molecule has 0 radical (unpaired) electrons. The van der Waals surface area contributed by atoms with Crippen molar-refractivity contribution in [3.8, 4) is 5.69 Å². The van der Waals surface area contributed by atoms with Crippen LogP contribution in [-0.4, -0.2) is 29.9 Å². The highest BCUT2D eigenvalue weighted by Gasteiger charge is 2.21.